The fourth-order valence-corrected chi connectivity index (χ4v) is 4.54. The van der Waals surface area contributed by atoms with Gasteiger partial charge in [0.05, 0.1) is 7.11 Å². The lowest BCUT2D eigenvalue weighted by Gasteiger charge is -2.35. The van der Waals surface area contributed by atoms with Crippen LogP contribution in [-0.4, -0.2) is 37.0 Å². The number of carbonyl (C=O) groups excluding carboxylic acids is 1. The zero-order valence-electron chi connectivity index (χ0n) is 19.5. The van der Waals surface area contributed by atoms with Crippen molar-refractivity contribution in [2.24, 2.45) is 0 Å². The molecular formula is C28H31FN2O2. The van der Waals surface area contributed by atoms with Gasteiger partial charge in [-0.15, -0.1) is 0 Å². The Morgan fingerprint density at radius 1 is 1.00 bits per heavy atom. The summed E-state index contributed by atoms with van der Waals surface area (Å²) in [6, 6.07) is 20.1. The number of ether oxygens (including phenoxy) is 1. The van der Waals surface area contributed by atoms with Gasteiger partial charge in [-0.05, 0) is 105 Å². The Balaban J connectivity index is 1.47. The SMILES string of the molecule is COc1ccc(NC(=O)c2ccc(-c3cccc(F)c3)cc2)cc1C1CCN(C(C)C)CC1. The minimum absolute atomic E-state index is 0.175. The molecule has 172 valence electrons. The number of rotatable bonds is 6. The van der Waals surface area contributed by atoms with Gasteiger partial charge < -0.3 is 15.0 Å². The highest BCUT2D eigenvalue weighted by Crippen LogP contribution is 2.36. The predicted molar refractivity (Wildman–Crippen MR) is 131 cm³/mol. The first-order chi connectivity index (χ1) is 15.9. The third-order valence-corrected chi connectivity index (χ3v) is 6.49. The predicted octanol–water partition coefficient (Wildman–Crippen LogP) is 6.34. The Hall–Kier alpha value is -3.18. The standard InChI is InChI=1S/C28H31FN2O2/c1-19(2)31-15-13-21(14-16-31)26-18-25(11-12-27(26)33-3)30-28(32)22-9-7-20(8-10-22)23-5-4-6-24(29)17-23/h4-12,17-19,21H,13-16H2,1-3H3,(H,30,32). The first-order valence-electron chi connectivity index (χ1n) is 11.5. The van der Waals surface area contributed by atoms with E-state index in [1.54, 1.807) is 25.3 Å². The maximum absolute atomic E-state index is 13.5. The number of likely N-dealkylation sites (tertiary alicyclic amines) is 1. The first-order valence-corrected chi connectivity index (χ1v) is 11.5. The number of nitrogens with zero attached hydrogens (tertiary/aromatic N) is 1. The average Bonchev–Trinajstić information content (AvgIpc) is 2.84. The number of benzene rings is 3. The van der Waals surface area contributed by atoms with Crippen molar-refractivity contribution in [2.45, 2.75) is 38.6 Å². The molecule has 1 saturated heterocycles. The highest BCUT2D eigenvalue weighted by Gasteiger charge is 2.24. The quantitative estimate of drug-likeness (QED) is 0.480. The lowest BCUT2D eigenvalue weighted by atomic mass is 9.88. The first kappa shape index (κ1) is 23.0. The topological polar surface area (TPSA) is 41.6 Å². The van der Waals surface area contributed by atoms with E-state index in [0.717, 1.165) is 54.1 Å². The lowest BCUT2D eigenvalue weighted by molar-refractivity contribution is 0.102. The Labute approximate surface area is 195 Å². The molecular weight excluding hydrogens is 415 g/mol. The van der Waals surface area contributed by atoms with Crippen molar-refractivity contribution in [3.05, 3.63) is 83.7 Å². The molecule has 0 saturated carbocycles. The molecule has 4 rings (SSSR count). The second-order valence-electron chi connectivity index (χ2n) is 8.90. The van der Waals surface area contributed by atoms with Gasteiger partial charge in [-0.25, -0.2) is 4.39 Å². The second-order valence-corrected chi connectivity index (χ2v) is 8.90. The summed E-state index contributed by atoms with van der Waals surface area (Å²) in [5.41, 5.74) is 4.12. The highest BCUT2D eigenvalue weighted by atomic mass is 19.1. The number of amides is 1. The molecule has 1 aliphatic heterocycles. The fraction of sp³-hybridized carbons (Fsp3) is 0.321. The van der Waals surface area contributed by atoms with E-state index in [0.29, 0.717) is 17.5 Å². The summed E-state index contributed by atoms with van der Waals surface area (Å²) in [6.07, 6.45) is 2.15. The summed E-state index contributed by atoms with van der Waals surface area (Å²) in [7, 11) is 1.69. The number of hydrogen-bond donors (Lipinski definition) is 1. The monoisotopic (exact) mass is 446 g/mol. The minimum Gasteiger partial charge on any atom is -0.496 e. The van der Waals surface area contributed by atoms with E-state index >= 15 is 0 Å². The second kappa shape index (κ2) is 10.2. The van der Waals surface area contributed by atoms with Crippen molar-refractivity contribution in [1.29, 1.82) is 0 Å². The van der Waals surface area contributed by atoms with Crippen LogP contribution < -0.4 is 10.1 Å². The van der Waals surface area contributed by atoms with Crippen LogP contribution in [0.5, 0.6) is 5.75 Å². The number of halogens is 1. The van der Waals surface area contributed by atoms with Crippen molar-refractivity contribution < 1.29 is 13.9 Å². The normalized spacial score (nSPS) is 14.9. The molecule has 3 aromatic carbocycles. The summed E-state index contributed by atoms with van der Waals surface area (Å²) in [6.45, 7) is 6.61. The summed E-state index contributed by atoms with van der Waals surface area (Å²) in [5, 5.41) is 3.02. The van der Waals surface area contributed by atoms with Crippen LogP contribution in [-0.2, 0) is 0 Å². The summed E-state index contributed by atoms with van der Waals surface area (Å²) >= 11 is 0. The third kappa shape index (κ3) is 5.42. The van der Waals surface area contributed by atoms with Crippen LogP contribution in [0.25, 0.3) is 11.1 Å². The maximum atomic E-state index is 13.5. The molecule has 5 heteroatoms. The number of piperidine rings is 1. The summed E-state index contributed by atoms with van der Waals surface area (Å²) in [4.78, 5) is 15.4. The number of hydrogen-bond acceptors (Lipinski definition) is 3. The van der Waals surface area contributed by atoms with Crippen LogP contribution in [0.2, 0.25) is 0 Å². The van der Waals surface area contributed by atoms with Crippen LogP contribution in [0.4, 0.5) is 10.1 Å². The van der Waals surface area contributed by atoms with Gasteiger partial charge in [0, 0.05) is 17.3 Å². The van der Waals surface area contributed by atoms with Gasteiger partial charge in [0.2, 0.25) is 0 Å². The Bertz CT molecular complexity index is 1100. The minimum atomic E-state index is -0.278. The van der Waals surface area contributed by atoms with Gasteiger partial charge >= 0.3 is 0 Å². The van der Waals surface area contributed by atoms with E-state index in [-0.39, 0.29) is 11.7 Å². The van der Waals surface area contributed by atoms with Gasteiger partial charge in [-0.2, -0.15) is 0 Å². The van der Waals surface area contributed by atoms with E-state index in [4.69, 9.17) is 4.74 Å². The molecule has 0 atom stereocenters. The number of methoxy groups -OCH3 is 1. The van der Waals surface area contributed by atoms with Crippen molar-refractivity contribution in [3.8, 4) is 16.9 Å². The Morgan fingerprint density at radius 2 is 1.73 bits per heavy atom. The molecule has 0 unspecified atom stereocenters. The Morgan fingerprint density at radius 3 is 2.36 bits per heavy atom. The number of carbonyl (C=O) groups is 1. The van der Waals surface area contributed by atoms with E-state index in [1.807, 2.05) is 36.4 Å². The van der Waals surface area contributed by atoms with Gasteiger partial charge in [0.25, 0.3) is 5.91 Å². The highest BCUT2D eigenvalue weighted by molar-refractivity contribution is 6.04. The van der Waals surface area contributed by atoms with Gasteiger partial charge in [0.1, 0.15) is 11.6 Å². The summed E-state index contributed by atoms with van der Waals surface area (Å²) < 4.78 is 19.1. The van der Waals surface area contributed by atoms with E-state index in [9.17, 15) is 9.18 Å². The number of anilines is 1. The molecule has 33 heavy (non-hydrogen) atoms. The average molecular weight is 447 g/mol. The largest absolute Gasteiger partial charge is 0.496 e. The van der Waals surface area contributed by atoms with Crippen molar-refractivity contribution in [1.82, 2.24) is 4.90 Å². The molecule has 4 nitrogen and oxygen atoms in total. The lowest BCUT2D eigenvalue weighted by Crippen LogP contribution is -2.37. The molecule has 0 aromatic heterocycles. The third-order valence-electron chi connectivity index (χ3n) is 6.49. The molecule has 1 fully saturated rings. The molecule has 0 aliphatic carbocycles. The molecule has 3 aromatic rings. The molecule has 1 amide bonds. The van der Waals surface area contributed by atoms with E-state index in [1.165, 1.54) is 12.1 Å². The van der Waals surface area contributed by atoms with E-state index < -0.39 is 0 Å². The fourth-order valence-electron chi connectivity index (χ4n) is 4.54. The zero-order chi connectivity index (χ0) is 23.4. The Kier molecular flexibility index (Phi) is 7.09. The molecule has 1 N–H and O–H groups in total. The summed E-state index contributed by atoms with van der Waals surface area (Å²) in [5.74, 6) is 0.832. The van der Waals surface area contributed by atoms with Gasteiger partial charge in [-0.1, -0.05) is 24.3 Å². The van der Waals surface area contributed by atoms with Crippen LogP contribution in [0.1, 0.15) is 48.5 Å². The van der Waals surface area contributed by atoms with Crippen molar-refractivity contribution >= 4 is 11.6 Å². The van der Waals surface area contributed by atoms with Gasteiger partial charge in [0.15, 0.2) is 0 Å². The van der Waals surface area contributed by atoms with Crippen LogP contribution in [0, 0.1) is 5.82 Å². The van der Waals surface area contributed by atoms with Crippen LogP contribution in [0.15, 0.2) is 66.7 Å². The molecule has 0 bridgehead atoms. The zero-order valence-corrected chi connectivity index (χ0v) is 19.5. The van der Waals surface area contributed by atoms with Crippen molar-refractivity contribution in [2.75, 3.05) is 25.5 Å². The van der Waals surface area contributed by atoms with Gasteiger partial charge in [-0.3, -0.25) is 4.79 Å². The molecule has 0 spiro atoms. The number of nitrogens with one attached hydrogen (secondary N) is 1. The molecule has 0 radical (unpaired) electrons. The smallest absolute Gasteiger partial charge is 0.255 e. The van der Waals surface area contributed by atoms with E-state index in [2.05, 4.69) is 24.1 Å². The van der Waals surface area contributed by atoms with Crippen LogP contribution >= 0.6 is 0 Å². The maximum Gasteiger partial charge on any atom is 0.255 e. The molecule has 1 aliphatic rings. The van der Waals surface area contributed by atoms with Crippen LogP contribution in [0.3, 0.4) is 0 Å². The van der Waals surface area contributed by atoms with Crippen molar-refractivity contribution in [3.63, 3.8) is 0 Å². The molecule has 1 heterocycles.